The maximum atomic E-state index is 12.4. The summed E-state index contributed by atoms with van der Waals surface area (Å²) < 4.78 is 5.48. The van der Waals surface area contributed by atoms with Gasteiger partial charge in [-0.05, 0) is 63.6 Å². The standard InChI is InChI=1S/C16H12BrNO3S/c1-9-3-4-22-16(9)14(19)11(8-18)5-10-6-12(17)15(20)13(7-10)21-2/h3-7,20H,1-2H3/b11-5-. The maximum Gasteiger partial charge on any atom is 0.213 e. The number of ketones is 1. The summed E-state index contributed by atoms with van der Waals surface area (Å²) in [5, 5.41) is 20.9. The number of hydrogen-bond acceptors (Lipinski definition) is 5. The van der Waals surface area contributed by atoms with Gasteiger partial charge in [0.25, 0.3) is 0 Å². The van der Waals surface area contributed by atoms with E-state index >= 15 is 0 Å². The fourth-order valence-electron chi connectivity index (χ4n) is 1.88. The van der Waals surface area contributed by atoms with Crippen LogP contribution in [0.25, 0.3) is 6.08 Å². The van der Waals surface area contributed by atoms with Gasteiger partial charge >= 0.3 is 0 Å². The van der Waals surface area contributed by atoms with Crippen LogP contribution >= 0.6 is 27.3 Å². The number of methoxy groups -OCH3 is 1. The molecule has 1 aromatic carbocycles. The van der Waals surface area contributed by atoms with Gasteiger partial charge < -0.3 is 9.84 Å². The quantitative estimate of drug-likeness (QED) is 0.489. The molecule has 0 atom stereocenters. The first-order valence-corrected chi connectivity index (χ1v) is 7.92. The zero-order chi connectivity index (χ0) is 16.3. The number of rotatable bonds is 4. The Kier molecular flexibility index (Phi) is 5.01. The highest BCUT2D eigenvalue weighted by Crippen LogP contribution is 2.36. The number of carbonyl (C=O) groups excluding carboxylic acids is 1. The summed E-state index contributed by atoms with van der Waals surface area (Å²) in [7, 11) is 1.43. The third-order valence-electron chi connectivity index (χ3n) is 3.02. The van der Waals surface area contributed by atoms with E-state index in [9.17, 15) is 15.2 Å². The number of phenolic OH excluding ortho intramolecular Hbond substituents is 1. The van der Waals surface area contributed by atoms with Crippen LogP contribution in [0.4, 0.5) is 0 Å². The Hall–Kier alpha value is -2.10. The van der Waals surface area contributed by atoms with Crippen LogP contribution in [0.1, 0.15) is 20.8 Å². The van der Waals surface area contributed by atoms with Crippen LogP contribution in [0.2, 0.25) is 0 Å². The van der Waals surface area contributed by atoms with Crippen molar-refractivity contribution in [2.45, 2.75) is 6.92 Å². The van der Waals surface area contributed by atoms with Gasteiger partial charge in [-0.25, -0.2) is 0 Å². The van der Waals surface area contributed by atoms with Gasteiger partial charge in [0.05, 0.1) is 16.5 Å². The normalized spacial score (nSPS) is 11.1. The lowest BCUT2D eigenvalue weighted by atomic mass is 10.1. The van der Waals surface area contributed by atoms with Crippen molar-refractivity contribution in [3.05, 3.63) is 49.6 Å². The monoisotopic (exact) mass is 377 g/mol. The molecule has 0 radical (unpaired) electrons. The summed E-state index contributed by atoms with van der Waals surface area (Å²) in [5.74, 6) is -0.0746. The fraction of sp³-hybridized carbons (Fsp3) is 0.125. The van der Waals surface area contributed by atoms with E-state index in [-0.39, 0.29) is 22.9 Å². The SMILES string of the molecule is COc1cc(/C=C(/C#N)C(=O)c2sccc2C)cc(Br)c1O. The Morgan fingerprint density at radius 2 is 2.23 bits per heavy atom. The molecule has 0 unspecified atom stereocenters. The van der Waals surface area contributed by atoms with E-state index in [2.05, 4.69) is 15.9 Å². The van der Waals surface area contributed by atoms with E-state index in [0.717, 1.165) is 5.56 Å². The van der Waals surface area contributed by atoms with E-state index < -0.39 is 0 Å². The smallest absolute Gasteiger partial charge is 0.213 e. The lowest BCUT2D eigenvalue weighted by Gasteiger charge is -2.07. The van der Waals surface area contributed by atoms with Gasteiger partial charge in [0.15, 0.2) is 11.5 Å². The predicted octanol–water partition coefficient (Wildman–Crippen LogP) is 4.32. The molecule has 2 rings (SSSR count). The second-order valence-corrected chi connectivity index (χ2v) is 6.26. The number of halogens is 1. The summed E-state index contributed by atoms with van der Waals surface area (Å²) in [6.45, 7) is 1.83. The first kappa shape index (κ1) is 16.3. The second kappa shape index (κ2) is 6.77. The molecule has 1 heterocycles. The van der Waals surface area contributed by atoms with Gasteiger partial charge in [-0.3, -0.25) is 4.79 Å². The second-order valence-electron chi connectivity index (χ2n) is 4.49. The van der Waals surface area contributed by atoms with Crippen molar-refractivity contribution in [1.82, 2.24) is 0 Å². The molecule has 2 aromatic rings. The molecule has 0 saturated carbocycles. The van der Waals surface area contributed by atoms with Crippen LogP contribution in [0.3, 0.4) is 0 Å². The van der Waals surface area contributed by atoms with E-state index in [1.54, 1.807) is 12.1 Å². The van der Waals surface area contributed by atoms with Crippen molar-refractivity contribution in [2.75, 3.05) is 7.11 Å². The minimum Gasteiger partial charge on any atom is -0.503 e. The topological polar surface area (TPSA) is 70.3 Å². The van der Waals surface area contributed by atoms with Crippen molar-refractivity contribution in [1.29, 1.82) is 5.26 Å². The summed E-state index contributed by atoms with van der Waals surface area (Å²) in [6.07, 6.45) is 1.48. The minimum atomic E-state index is -0.307. The Balaban J connectivity index is 2.46. The average Bonchev–Trinajstić information content (AvgIpc) is 2.93. The minimum absolute atomic E-state index is 0.0291. The molecule has 0 aliphatic carbocycles. The highest BCUT2D eigenvalue weighted by molar-refractivity contribution is 9.10. The van der Waals surface area contributed by atoms with Crippen molar-refractivity contribution < 1.29 is 14.6 Å². The number of ether oxygens (including phenoxy) is 1. The zero-order valence-corrected chi connectivity index (χ0v) is 14.3. The van der Waals surface area contributed by atoms with Crippen molar-refractivity contribution in [3.63, 3.8) is 0 Å². The number of nitrogens with zero attached hydrogens (tertiary/aromatic N) is 1. The summed E-state index contributed by atoms with van der Waals surface area (Å²) in [4.78, 5) is 12.9. The molecule has 1 aromatic heterocycles. The van der Waals surface area contributed by atoms with Crippen LogP contribution in [-0.4, -0.2) is 18.0 Å². The fourth-order valence-corrected chi connectivity index (χ4v) is 3.21. The molecule has 0 amide bonds. The molecule has 22 heavy (non-hydrogen) atoms. The number of nitriles is 1. The summed E-state index contributed by atoms with van der Waals surface area (Å²) in [5.41, 5.74) is 1.46. The van der Waals surface area contributed by atoms with Gasteiger partial charge in [0.2, 0.25) is 5.78 Å². The molecule has 6 heteroatoms. The molecule has 0 aliphatic rings. The number of aryl methyl sites for hydroxylation is 1. The molecule has 0 fully saturated rings. The molecule has 112 valence electrons. The van der Waals surface area contributed by atoms with E-state index in [0.29, 0.717) is 14.9 Å². The highest BCUT2D eigenvalue weighted by Gasteiger charge is 2.16. The van der Waals surface area contributed by atoms with Gasteiger partial charge in [-0.15, -0.1) is 11.3 Å². The Labute approximate surface area is 140 Å². The number of allylic oxidation sites excluding steroid dienone is 1. The third kappa shape index (κ3) is 3.21. The molecule has 1 N–H and O–H groups in total. The van der Waals surface area contributed by atoms with Crippen molar-refractivity contribution in [3.8, 4) is 17.6 Å². The van der Waals surface area contributed by atoms with Crippen molar-refractivity contribution in [2.24, 2.45) is 0 Å². The Bertz CT molecular complexity index is 802. The number of aromatic hydroxyl groups is 1. The Morgan fingerprint density at radius 3 is 2.77 bits per heavy atom. The number of Topliss-reactive ketones (excluding diaryl/α,β-unsaturated/α-hetero) is 1. The number of benzene rings is 1. The molecule has 0 bridgehead atoms. The van der Waals surface area contributed by atoms with E-state index in [4.69, 9.17) is 4.74 Å². The lowest BCUT2D eigenvalue weighted by molar-refractivity contribution is 0.104. The number of phenols is 1. The number of thiophene rings is 1. The number of hydrogen-bond donors (Lipinski definition) is 1. The molecular formula is C16H12BrNO3S. The highest BCUT2D eigenvalue weighted by atomic mass is 79.9. The molecule has 0 spiro atoms. The molecule has 0 aliphatic heterocycles. The van der Waals surface area contributed by atoms with Crippen molar-refractivity contribution >= 4 is 39.1 Å². The summed E-state index contributed by atoms with van der Waals surface area (Å²) in [6, 6.07) is 6.95. The van der Waals surface area contributed by atoms with Gasteiger partial charge in [0.1, 0.15) is 11.6 Å². The molecule has 4 nitrogen and oxygen atoms in total. The first-order valence-electron chi connectivity index (χ1n) is 6.25. The largest absolute Gasteiger partial charge is 0.503 e. The zero-order valence-electron chi connectivity index (χ0n) is 11.9. The lowest BCUT2D eigenvalue weighted by Crippen LogP contribution is -2.01. The van der Waals surface area contributed by atoms with Crippen LogP contribution in [-0.2, 0) is 0 Å². The van der Waals surface area contributed by atoms with Crippen LogP contribution in [0.5, 0.6) is 11.5 Å². The van der Waals surface area contributed by atoms with Crippen LogP contribution in [0.15, 0.2) is 33.6 Å². The van der Waals surface area contributed by atoms with Crippen LogP contribution in [0, 0.1) is 18.3 Å². The molecular weight excluding hydrogens is 366 g/mol. The van der Waals surface area contributed by atoms with Crippen LogP contribution < -0.4 is 4.74 Å². The first-order chi connectivity index (χ1) is 10.5. The predicted molar refractivity (Wildman–Crippen MR) is 89.3 cm³/mol. The number of carbonyl (C=O) groups is 1. The maximum absolute atomic E-state index is 12.4. The van der Waals surface area contributed by atoms with Gasteiger partial charge in [0, 0.05) is 0 Å². The Morgan fingerprint density at radius 1 is 1.50 bits per heavy atom. The third-order valence-corrected chi connectivity index (χ3v) is 4.63. The van der Waals surface area contributed by atoms with Gasteiger partial charge in [-0.2, -0.15) is 5.26 Å². The summed E-state index contributed by atoms with van der Waals surface area (Å²) >= 11 is 4.52. The van der Waals surface area contributed by atoms with E-state index in [1.165, 1.54) is 24.5 Å². The van der Waals surface area contributed by atoms with E-state index in [1.807, 2.05) is 24.4 Å². The van der Waals surface area contributed by atoms with Gasteiger partial charge in [-0.1, -0.05) is 0 Å². The average molecular weight is 378 g/mol. The molecule has 0 saturated heterocycles.